The maximum Gasteiger partial charge on any atom is 0.257 e. The highest BCUT2D eigenvalue weighted by Crippen LogP contribution is 2.57. The van der Waals surface area contributed by atoms with Crippen molar-refractivity contribution in [2.75, 3.05) is 9.80 Å². The van der Waals surface area contributed by atoms with Crippen LogP contribution in [0.15, 0.2) is 376 Å². The van der Waals surface area contributed by atoms with E-state index < -0.39 is 144 Å². The molecule has 0 saturated carbocycles. The Morgan fingerprint density at radius 2 is 0.471 bits per heavy atom. The van der Waals surface area contributed by atoms with Crippen LogP contribution in [0.5, 0.6) is 0 Å². The van der Waals surface area contributed by atoms with Crippen molar-refractivity contribution in [3.05, 3.63) is 392 Å². The number of hydrogen-bond acceptors (Lipinski definition) is 2. The number of fused-ring (bicyclic) bond motifs is 16. The predicted molar refractivity (Wildman–Crippen MR) is 516 cm³/mol. The van der Waals surface area contributed by atoms with Gasteiger partial charge >= 0.3 is 0 Å². The van der Waals surface area contributed by atoms with Gasteiger partial charge in [-0.1, -0.05) is 329 Å². The largest absolute Gasteiger partial charge is 0.310 e. The average molecular weight is 1570 g/mol. The number of para-hydroxylation sites is 8. The molecule has 578 valence electrons. The van der Waals surface area contributed by atoms with Gasteiger partial charge in [-0.2, -0.15) is 0 Å². The first-order valence-electron chi connectivity index (χ1n) is 51.1. The minimum atomic E-state index is -1.57. The van der Waals surface area contributed by atoms with Gasteiger partial charge in [0.25, 0.3) is 6.71 Å². The number of anilines is 6. The summed E-state index contributed by atoms with van der Waals surface area (Å²) in [6.07, 6.45) is 0. The Hall–Kier alpha value is -14.4. The molecule has 0 saturated heterocycles. The summed E-state index contributed by atoms with van der Waals surface area (Å²) in [5.41, 5.74) is 8.54. The predicted octanol–water partition coefficient (Wildman–Crippen LogP) is 28.7. The van der Waals surface area contributed by atoms with Crippen LogP contribution in [-0.2, 0) is 16.2 Å². The van der Waals surface area contributed by atoms with Gasteiger partial charge in [-0.05, 0) is 181 Å². The highest BCUT2D eigenvalue weighted by atomic mass is 15.2. The monoisotopic (exact) mass is 1570 g/mol. The second kappa shape index (κ2) is 27.1. The van der Waals surface area contributed by atoms with Gasteiger partial charge < -0.3 is 28.1 Å². The van der Waals surface area contributed by atoms with Gasteiger partial charge in [0.1, 0.15) is 0 Å². The lowest BCUT2D eigenvalue weighted by molar-refractivity contribution is 0.590. The summed E-state index contributed by atoms with van der Waals surface area (Å²) >= 11 is 0. The molecule has 2 aliphatic heterocycles. The van der Waals surface area contributed by atoms with E-state index in [9.17, 15) is 27.4 Å². The van der Waals surface area contributed by atoms with Gasteiger partial charge in [0.2, 0.25) is 0 Å². The first-order chi connectivity index (χ1) is 67.3. The molecule has 0 N–H and O–H groups in total. The molecule has 2 aliphatic rings. The Morgan fingerprint density at radius 1 is 0.231 bits per heavy atom. The molecule has 23 rings (SSSR count). The fraction of sp³-hybridized carbons (Fsp3) is 0.105. The van der Waals surface area contributed by atoms with E-state index in [2.05, 4.69) is 109 Å². The van der Waals surface area contributed by atoms with Crippen LogP contribution in [0.2, 0.25) is 0 Å². The molecule has 0 aliphatic carbocycles. The van der Waals surface area contributed by atoms with Crippen LogP contribution in [0.4, 0.5) is 34.1 Å². The van der Waals surface area contributed by atoms with E-state index in [1.54, 1.807) is 0 Å². The summed E-state index contributed by atoms with van der Waals surface area (Å²) in [6, 6.07) is 70.8. The van der Waals surface area contributed by atoms with Gasteiger partial charge in [-0.15, -0.1) is 0 Å². The molecule has 7 heteroatoms. The summed E-state index contributed by atoms with van der Waals surface area (Å²) in [7, 11) is 0. The van der Waals surface area contributed by atoms with Gasteiger partial charge in [-0.3, -0.25) is 0 Å². The second-order valence-electron chi connectivity index (χ2n) is 34.8. The van der Waals surface area contributed by atoms with Gasteiger partial charge in [0.05, 0.1) is 94.3 Å². The molecule has 6 nitrogen and oxygen atoms in total. The van der Waals surface area contributed by atoms with Crippen molar-refractivity contribution in [2.24, 2.45) is 0 Å². The third-order valence-corrected chi connectivity index (χ3v) is 24.6. The zero-order valence-corrected chi connectivity index (χ0v) is 68.0. The fourth-order valence-corrected chi connectivity index (χ4v) is 18.9. The zero-order chi connectivity index (χ0) is 98.9. The molecule has 17 aromatic carbocycles. The Bertz CT molecular complexity index is 8230. The SMILES string of the molecule is [2H]c1c2c(c(-n3c4ccccc4c4ccccc43)c([2H])c1-n1c3c([2H])c([2H])c([2H])c([2H])c3c3c([2H])c([2H])c([2H])c([2H])c31)B1c3c(cc(C(C)(C)C)cc3N(c3c(-c4ccccc4)cc(C(C)(C)C)cc3-c3ccccc3)c3c([2H])c(-n4c5c([2H])c([2H])c([2H])c([2H])c5c5c([2H])c([2H])c([2H])c([2H])c54)c([2H])c(-n4c5ccccc5c5ccccc54)c31)N2c1c(-c2ccccc2)cc(C(C)(C)C)cc1-c1ccccc1. The summed E-state index contributed by atoms with van der Waals surface area (Å²) in [4.78, 5) is 4.24. The number of rotatable bonds is 10. The molecule has 0 spiro atoms. The van der Waals surface area contributed by atoms with Crippen molar-refractivity contribution in [1.29, 1.82) is 0 Å². The van der Waals surface area contributed by atoms with Crippen LogP contribution >= 0.6 is 0 Å². The molecule has 121 heavy (non-hydrogen) atoms. The second-order valence-corrected chi connectivity index (χ2v) is 34.8. The minimum absolute atomic E-state index is 0.0236. The van der Waals surface area contributed by atoms with E-state index in [-0.39, 0.29) is 88.7 Å². The van der Waals surface area contributed by atoms with Crippen molar-refractivity contribution < 1.29 is 27.4 Å². The zero-order valence-electron chi connectivity index (χ0n) is 88.0. The normalized spacial score (nSPS) is 15.3. The van der Waals surface area contributed by atoms with Gasteiger partial charge in [0.15, 0.2) is 0 Å². The van der Waals surface area contributed by atoms with E-state index in [4.69, 9.17) is 0 Å². The van der Waals surface area contributed by atoms with Crippen LogP contribution in [-0.4, -0.2) is 25.0 Å². The van der Waals surface area contributed by atoms with E-state index in [1.807, 2.05) is 228 Å². The molecule has 4 aromatic heterocycles. The number of aromatic nitrogens is 4. The number of benzene rings is 17. The molecule has 0 bridgehead atoms. The first kappa shape index (κ1) is 53.8. The Morgan fingerprint density at radius 3 is 0.752 bits per heavy atom. The maximum atomic E-state index is 12.7. The van der Waals surface area contributed by atoms with Crippen molar-refractivity contribution in [2.45, 2.75) is 78.6 Å². The summed E-state index contributed by atoms with van der Waals surface area (Å²) < 4.78 is 216. The van der Waals surface area contributed by atoms with E-state index in [0.29, 0.717) is 99.6 Å². The van der Waals surface area contributed by atoms with Crippen LogP contribution in [0.1, 0.15) is 106 Å². The lowest BCUT2D eigenvalue weighted by Gasteiger charge is -2.48. The number of nitrogens with zero attached hydrogens (tertiary/aromatic N) is 6. The third-order valence-electron chi connectivity index (χ3n) is 24.6. The van der Waals surface area contributed by atoms with Crippen molar-refractivity contribution in [1.82, 2.24) is 18.3 Å². The van der Waals surface area contributed by atoms with E-state index >= 15 is 0 Å². The standard InChI is InChI=1S/C114H89BN6/c1-112(2,3)76-62-89(72-38-14-10-15-39-72)110(90(63-76)73-40-16-11-17-41-73)120-101-66-78(114(7,8)9)67-102-107(101)115(108-103(118-97-58-34-26-50-85(97)86-51-27-35-59-98(86)118)68-79(70-105(108)120)116-93-54-30-22-46-81(93)82-47-23-31-55-94(82)116)109-104(119-99-60-36-28-52-87(99)88-53-29-37-61-100(88)119)69-80(117-95-56-32-24-48-83(95)84-49-25-33-57-96(84)117)71-106(109)121(102)111-91(74-42-18-12-19-43-74)64-77(113(4,5)6)65-92(111)75-44-20-13-21-45-75/h10-71H,1-9H3/i22D,23D,24D,25D,30D,31D,32D,33D,46D,47D,48D,49D,54D,55D,56D,57D,68D,69D,70D,71D. The van der Waals surface area contributed by atoms with Gasteiger partial charge in [0, 0.05) is 99.5 Å². The third kappa shape index (κ3) is 11.1. The van der Waals surface area contributed by atoms with Crippen molar-refractivity contribution in [3.8, 4) is 67.3 Å². The van der Waals surface area contributed by atoms with Crippen molar-refractivity contribution in [3.63, 3.8) is 0 Å². The molecule has 6 heterocycles. The van der Waals surface area contributed by atoms with E-state index in [0.717, 1.165) is 33.4 Å². The Labute approximate surface area is 734 Å². The van der Waals surface area contributed by atoms with Crippen LogP contribution in [0, 0.1) is 0 Å². The van der Waals surface area contributed by atoms with Gasteiger partial charge in [-0.25, -0.2) is 0 Å². The van der Waals surface area contributed by atoms with Crippen LogP contribution in [0.3, 0.4) is 0 Å². The maximum absolute atomic E-state index is 12.7. The molecule has 0 fully saturated rings. The lowest BCUT2D eigenvalue weighted by atomic mass is 9.32. The molecule has 0 amide bonds. The topological polar surface area (TPSA) is 26.2 Å². The molecular weight excluding hydrogens is 1460 g/mol. The quantitative estimate of drug-likeness (QED) is 0.128. The molecule has 21 aromatic rings. The smallest absolute Gasteiger partial charge is 0.257 e. The number of hydrogen-bond donors (Lipinski definition) is 0. The minimum Gasteiger partial charge on any atom is -0.310 e. The average Bonchev–Trinajstić information content (AvgIpc) is 1.11. The molecule has 0 atom stereocenters. The Kier molecular flexibility index (Phi) is 12.0. The lowest BCUT2D eigenvalue weighted by Crippen LogP contribution is -2.63. The summed E-state index contributed by atoms with van der Waals surface area (Å²) in [5.74, 6) is 0. The molecular formula is C114H89BN6. The summed E-state index contributed by atoms with van der Waals surface area (Å²) in [6.45, 7) is 17.7. The van der Waals surface area contributed by atoms with Crippen molar-refractivity contribution >= 4 is 144 Å². The Balaban J connectivity index is 1.08. The van der Waals surface area contributed by atoms with Crippen LogP contribution < -0.4 is 26.2 Å². The van der Waals surface area contributed by atoms with E-state index in [1.165, 1.54) is 9.13 Å². The molecule has 0 unspecified atom stereocenters. The summed E-state index contributed by atoms with van der Waals surface area (Å²) in [5, 5.41) is 1.60. The molecule has 0 radical (unpaired) electrons. The highest BCUT2D eigenvalue weighted by molar-refractivity contribution is 7.01. The highest BCUT2D eigenvalue weighted by Gasteiger charge is 2.50. The van der Waals surface area contributed by atoms with Crippen LogP contribution in [0.25, 0.3) is 154 Å². The first-order valence-corrected chi connectivity index (χ1v) is 41.1. The fourth-order valence-electron chi connectivity index (χ4n) is 18.9.